The van der Waals surface area contributed by atoms with Gasteiger partial charge in [0.1, 0.15) is 11.9 Å². The maximum atomic E-state index is 12.4. The SMILES string of the molecule is CN(C)C1CCN(C(=O)CCc2nccn2CCC(=O)OC2CCC2)C1. The molecule has 3 rings (SSSR count). The molecule has 7 nitrogen and oxygen atoms in total. The lowest BCUT2D eigenvalue weighted by atomic mass is 9.96. The molecule has 1 aliphatic heterocycles. The monoisotopic (exact) mass is 362 g/mol. The Kier molecular flexibility index (Phi) is 6.29. The molecule has 7 heteroatoms. The van der Waals surface area contributed by atoms with Crippen molar-refractivity contribution in [2.75, 3.05) is 27.2 Å². The molecule has 26 heavy (non-hydrogen) atoms. The third-order valence-electron chi connectivity index (χ3n) is 5.52. The van der Waals surface area contributed by atoms with E-state index in [1.807, 2.05) is 15.7 Å². The van der Waals surface area contributed by atoms with Gasteiger partial charge in [0.25, 0.3) is 0 Å². The summed E-state index contributed by atoms with van der Waals surface area (Å²) in [5.74, 6) is 0.906. The van der Waals surface area contributed by atoms with Crippen LogP contribution in [0.2, 0.25) is 0 Å². The molecule has 1 saturated carbocycles. The standard InChI is InChI=1S/C19H30N4O3/c1-21(2)15-8-11-23(14-15)18(24)7-6-17-20-10-13-22(17)12-9-19(25)26-16-4-3-5-16/h10,13,15-16H,3-9,11-12,14H2,1-2H3. The van der Waals surface area contributed by atoms with E-state index in [4.69, 9.17) is 4.74 Å². The van der Waals surface area contributed by atoms with Gasteiger partial charge in [0.05, 0.1) is 6.42 Å². The van der Waals surface area contributed by atoms with Crippen LogP contribution in [0.15, 0.2) is 12.4 Å². The molecule has 1 aromatic heterocycles. The van der Waals surface area contributed by atoms with E-state index in [9.17, 15) is 9.59 Å². The first kappa shape index (κ1) is 18.9. The zero-order valence-corrected chi connectivity index (χ0v) is 15.9. The molecular weight excluding hydrogens is 332 g/mol. The first-order valence-corrected chi connectivity index (χ1v) is 9.66. The van der Waals surface area contributed by atoms with Crippen molar-refractivity contribution >= 4 is 11.9 Å². The Balaban J connectivity index is 1.42. The van der Waals surface area contributed by atoms with Crippen molar-refractivity contribution in [3.63, 3.8) is 0 Å². The fourth-order valence-corrected chi connectivity index (χ4v) is 3.48. The van der Waals surface area contributed by atoms with E-state index < -0.39 is 0 Å². The minimum Gasteiger partial charge on any atom is -0.462 e. The van der Waals surface area contributed by atoms with Crippen molar-refractivity contribution in [1.29, 1.82) is 0 Å². The number of esters is 1. The predicted molar refractivity (Wildman–Crippen MR) is 97.6 cm³/mol. The molecule has 0 aromatic carbocycles. The third-order valence-corrected chi connectivity index (χ3v) is 5.52. The summed E-state index contributed by atoms with van der Waals surface area (Å²) in [4.78, 5) is 32.8. The van der Waals surface area contributed by atoms with E-state index in [-0.39, 0.29) is 18.0 Å². The number of carbonyl (C=O) groups is 2. The molecule has 1 saturated heterocycles. The molecule has 1 aromatic rings. The highest BCUT2D eigenvalue weighted by Gasteiger charge is 2.27. The van der Waals surface area contributed by atoms with Gasteiger partial charge in [-0.25, -0.2) is 4.98 Å². The van der Waals surface area contributed by atoms with Crippen LogP contribution in [0.25, 0.3) is 0 Å². The molecule has 1 aliphatic carbocycles. The van der Waals surface area contributed by atoms with Crippen LogP contribution in [0.4, 0.5) is 0 Å². The van der Waals surface area contributed by atoms with Crippen LogP contribution in [0.5, 0.6) is 0 Å². The van der Waals surface area contributed by atoms with Crippen LogP contribution in [0.3, 0.4) is 0 Å². The average Bonchev–Trinajstić information content (AvgIpc) is 3.23. The zero-order valence-electron chi connectivity index (χ0n) is 15.9. The van der Waals surface area contributed by atoms with Gasteiger partial charge in [-0.3, -0.25) is 9.59 Å². The van der Waals surface area contributed by atoms with Crippen molar-refractivity contribution in [2.45, 2.75) is 63.6 Å². The Labute approximate surface area is 155 Å². The van der Waals surface area contributed by atoms with Crippen molar-refractivity contribution in [1.82, 2.24) is 19.4 Å². The summed E-state index contributed by atoms with van der Waals surface area (Å²) in [6.07, 6.45) is 9.34. The largest absolute Gasteiger partial charge is 0.462 e. The molecule has 1 unspecified atom stereocenters. The highest BCUT2D eigenvalue weighted by Crippen LogP contribution is 2.22. The van der Waals surface area contributed by atoms with Gasteiger partial charge < -0.3 is 19.1 Å². The highest BCUT2D eigenvalue weighted by atomic mass is 16.5. The maximum Gasteiger partial charge on any atom is 0.307 e. The van der Waals surface area contributed by atoms with Gasteiger partial charge in [0, 0.05) is 50.9 Å². The summed E-state index contributed by atoms with van der Waals surface area (Å²) in [6, 6.07) is 0.461. The Morgan fingerprint density at radius 3 is 2.73 bits per heavy atom. The average molecular weight is 362 g/mol. The highest BCUT2D eigenvalue weighted by molar-refractivity contribution is 5.76. The fourth-order valence-electron chi connectivity index (χ4n) is 3.48. The molecule has 1 amide bonds. The number of hydrogen-bond donors (Lipinski definition) is 0. The number of likely N-dealkylation sites (N-methyl/N-ethyl adjacent to an activating group) is 1. The van der Waals surface area contributed by atoms with Crippen molar-refractivity contribution < 1.29 is 14.3 Å². The topological polar surface area (TPSA) is 67.7 Å². The van der Waals surface area contributed by atoms with E-state index >= 15 is 0 Å². The van der Waals surface area contributed by atoms with E-state index in [1.54, 1.807) is 6.20 Å². The summed E-state index contributed by atoms with van der Waals surface area (Å²) < 4.78 is 7.34. The molecule has 1 atom stereocenters. The number of imidazole rings is 1. The van der Waals surface area contributed by atoms with Crippen LogP contribution in [0, 0.1) is 0 Å². The number of likely N-dealkylation sites (tertiary alicyclic amines) is 1. The number of amides is 1. The number of aryl methyl sites for hydroxylation is 2. The number of nitrogens with zero attached hydrogens (tertiary/aromatic N) is 4. The number of hydrogen-bond acceptors (Lipinski definition) is 5. The van der Waals surface area contributed by atoms with Gasteiger partial charge in [-0.05, 0) is 39.8 Å². The minimum atomic E-state index is -0.141. The molecule has 0 radical (unpaired) electrons. The van der Waals surface area contributed by atoms with Crippen LogP contribution >= 0.6 is 0 Å². The first-order valence-electron chi connectivity index (χ1n) is 9.66. The second-order valence-corrected chi connectivity index (χ2v) is 7.58. The number of carbonyl (C=O) groups excluding carboxylic acids is 2. The molecular formula is C19H30N4O3. The molecule has 0 N–H and O–H groups in total. The molecule has 2 fully saturated rings. The summed E-state index contributed by atoms with van der Waals surface area (Å²) in [5.41, 5.74) is 0. The van der Waals surface area contributed by atoms with Gasteiger partial charge in [-0.15, -0.1) is 0 Å². The molecule has 0 spiro atoms. The van der Waals surface area contributed by atoms with Crippen LogP contribution in [-0.4, -0.2) is 70.6 Å². The van der Waals surface area contributed by atoms with Gasteiger partial charge >= 0.3 is 5.97 Å². The molecule has 2 aliphatic rings. The van der Waals surface area contributed by atoms with Crippen molar-refractivity contribution in [3.8, 4) is 0 Å². The van der Waals surface area contributed by atoms with Gasteiger partial charge in [0.15, 0.2) is 0 Å². The van der Waals surface area contributed by atoms with Crippen LogP contribution < -0.4 is 0 Å². The molecule has 2 heterocycles. The first-order chi connectivity index (χ1) is 12.5. The second-order valence-electron chi connectivity index (χ2n) is 7.58. The van der Waals surface area contributed by atoms with E-state index in [0.29, 0.717) is 31.8 Å². The number of ether oxygens (including phenoxy) is 1. The lowest BCUT2D eigenvalue weighted by Crippen LogP contribution is -2.34. The quantitative estimate of drug-likeness (QED) is 0.655. The zero-order chi connectivity index (χ0) is 18.5. The third kappa shape index (κ3) is 4.84. The number of aromatic nitrogens is 2. The van der Waals surface area contributed by atoms with E-state index in [2.05, 4.69) is 24.0 Å². The molecule has 0 bridgehead atoms. The summed E-state index contributed by atoms with van der Waals surface area (Å²) in [5, 5.41) is 0. The Morgan fingerprint density at radius 1 is 1.27 bits per heavy atom. The van der Waals surface area contributed by atoms with Gasteiger partial charge in [-0.1, -0.05) is 0 Å². The van der Waals surface area contributed by atoms with E-state index in [0.717, 1.165) is 44.6 Å². The summed E-state index contributed by atoms with van der Waals surface area (Å²) in [6.45, 7) is 2.21. The Hall–Kier alpha value is -1.89. The molecule has 144 valence electrons. The smallest absolute Gasteiger partial charge is 0.307 e. The lowest BCUT2D eigenvalue weighted by molar-refractivity contribution is -0.153. The van der Waals surface area contributed by atoms with Crippen LogP contribution in [-0.2, 0) is 27.3 Å². The van der Waals surface area contributed by atoms with Gasteiger partial charge in [-0.2, -0.15) is 0 Å². The van der Waals surface area contributed by atoms with E-state index in [1.165, 1.54) is 0 Å². The minimum absolute atomic E-state index is 0.133. The maximum absolute atomic E-state index is 12.4. The second kappa shape index (κ2) is 8.66. The lowest BCUT2D eigenvalue weighted by Gasteiger charge is -2.25. The summed E-state index contributed by atoms with van der Waals surface area (Å²) in [7, 11) is 4.12. The van der Waals surface area contributed by atoms with Gasteiger partial charge in [0.2, 0.25) is 5.91 Å². The Morgan fingerprint density at radius 2 is 2.08 bits per heavy atom. The van der Waals surface area contributed by atoms with Crippen molar-refractivity contribution in [2.24, 2.45) is 0 Å². The normalized spacial score (nSPS) is 20.4. The summed E-state index contributed by atoms with van der Waals surface area (Å²) >= 11 is 0. The van der Waals surface area contributed by atoms with Crippen molar-refractivity contribution in [3.05, 3.63) is 18.2 Å². The Bertz CT molecular complexity index is 624. The number of rotatable bonds is 8. The predicted octanol–water partition coefficient (Wildman–Crippen LogP) is 1.46. The van der Waals surface area contributed by atoms with Crippen LogP contribution in [0.1, 0.15) is 44.3 Å². The fraction of sp³-hybridized carbons (Fsp3) is 0.737.